The van der Waals surface area contributed by atoms with E-state index in [1.807, 2.05) is 12.1 Å². The fourth-order valence-corrected chi connectivity index (χ4v) is 3.11. The summed E-state index contributed by atoms with van der Waals surface area (Å²) < 4.78 is 0. The zero-order valence-electron chi connectivity index (χ0n) is 10.9. The number of hydrazine groups is 1. The molecule has 2 N–H and O–H groups in total. The molecule has 1 aromatic rings. The highest BCUT2D eigenvalue weighted by atomic mass is 16.6. The Morgan fingerprint density at radius 3 is 2.74 bits per heavy atom. The first-order chi connectivity index (χ1) is 9.15. The van der Waals surface area contributed by atoms with Crippen LogP contribution in [0, 0.1) is 16.0 Å². The second-order valence-corrected chi connectivity index (χ2v) is 5.44. The van der Waals surface area contributed by atoms with Crippen molar-refractivity contribution in [2.75, 3.05) is 20.1 Å². The number of benzene rings is 1. The van der Waals surface area contributed by atoms with Crippen LogP contribution in [-0.4, -0.2) is 36.0 Å². The quantitative estimate of drug-likeness (QED) is 0.616. The van der Waals surface area contributed by atoms with Gasteiger partial charge in [0.05, 0.1) is 11.0 Å². The van der Waals surface area contributed by atoms with Crippen LogP contribution in [0.2, 0.25) is 0 Å². The molecule has 3 unspecified atom stereocenters. The van der Waals surface area contributed by atoms with Crippen LogP contribution in [0.5, 0.6) is 0 Å². The first kappa shape index (κ1) is 12.5. The molecule has 0 aliphatic carbocycles. The summed E-state index contributed by atoms with van der Waals surface area (Å²) in [6.45, 7) is 2.16. The molecule has 0 bridgehead atoms. The van der Waals surface area contributed by atoms with Crippen molar-refractivity contribution in [1.29, 1.82) is 0 Å². The van der Waals surface area contributed by atoms with Crippen LogP contribution in [-0.2, 0) is 0 Å². The lowest BCUT2D eigenvalue weighted by molar-refractivity contribution is -0.384. The van der Waals surface area contributed by atoms with E-state index >= 15 is 0 Å². The van der Waals surface area contributed by atoms with Gasteiger partial charge in [0.25, 0.3) is 5.69 Å². The summed E-state index contributed by atoms with van der Waals surface area (Å²) in [7, 11) is 2.14. The minimum absolute atomic E-state index is 0.145. The molecule has 0 aromatic heterocycles. The molecule has 0 radical (unpaired) electrons. The molecule has 6 nitrogen and oxygen atoms in total. The normalized spacial score (nSPS) is 31.1. The molecule has 1 aromatic carbocycles. The van der Waals surface area contributed by atoms with Crippen LogP contribution >= 0.6 is 0 Å². The van der Waals surface area contributed by atoms with Crippen LogP contribution in [0.15, 0.2) is 24.3 Å². The molecule has 3 rings (SSSR count). The molecule has 0 saturated carbocycles. The standard InChI is InChI=1S/C13H18N4O2/c1-16-7-6-12-11(8-16)13(15-14-12)9-2-4-10(5-3-9)17(18)19/h2-5,11-15H,6-8H2,1H3. The van der Waals surface area contributed by atoms with E-state index in [1.54, 1.807) is 12.1 Å². The highest BCUT2D eigenvalue weighted by Gasteiger charge is 2.39. The molecule has 19 heavy (non-hydrogen) atoms. The Morgan fingerprint density at radius 2 is 2.05 bits per heavy atom. The fraction of sp³-hybridized carbons (Fsp3) is 0.538. The predicted molar refractivity (Wildman–Crippen MR) is 71.5 cm³/mol. The van der Waals surface area contributed by atoms with Crippen molar-refractivity contribution in [1.82, 2.24) is 15.8 Å². The largest absolute Gasteiger partial charge is 0.306 e. The summed E-state index contributed by atoms with van der Waals surface area (Å²) in [6, 6.07) is 7.60. The molecule has 102 valence electrons. The average molecular weight is 262 g/mol. The van der Waals surface area contributed by atoms with E-state index < -0.39 is 0 Å². The van der Waals surface area contributed by atoms with Gasteiger partial charge in [-0.3, -0.25) is 15.5 Å². The van der Waals surface area contributed by atoms with E-state index in [0.29, 0.717) is 12.0 Å². The smallest absolute Gasteiger partial charge is 0.269 e. The van der Waals surface area contributed by atoms with Gasteiger partial charge in [-0.15, -0.1) is 0 Å². The maximum Gasteiger partial charge on any atom is 0.269 e. The number of fused-ring (bicyclic) bond motifs is 1. The number of nitro benzene ring substituents is 1. The Labute approximate surface area is 111 Å². The fourth-order valence-electron chi connectivity index (χ4n) is 3.11. The van der Waals surface area contributed by atoms with E-state index in [4.69, 9.17) is 0 Å². The van der Waals surface area contributed by atoms with E-state index in [0.717, 1.165) is 25.1 Å². The third-order valence-electron chi connectivity index (χ3n) is 4.18. The molecule has 0 amide bonds. The van der Waals surface area contributed by atoms with Crippen molar-refractivity contribution in [3.05, 3.63) is 39.9 Å². The van der Waals surface area contributed by atoms with E-state index in [2.05, 4.69) is 22.8 Å². The summed E-state index contributed by atoms with van der Waals surface area (Å²) in [5.74, 6) is 0.514. The average Bonchev–Trinajstić information content (AvgIpc) is 2.81. The van der Waals surface area contributed by atoms with Gasteiger partial charge in [-0.05, 0) is 25.6 Å². The van der Waals surface area contributed by atoms with Crippen LogP contribution in [0.25, 0.3) is 0 Å². The monoisotopic (exact) mass is 262 g/mol. The lowest BCUT2D eigenvalue weighted by Crippen LogP contribution is -2.43. The van der Waals surface area contributed by atoms with Crippen LogP contribution in [0.1, 0.15) is 18.0 Å². The lowest BCUT2D eigenvalue weighted by Gasteiger charge is -2.33. The van der Waals surface area contributed by atoms with Gasteiger partial charge in [-0.2, -0.15) is 0 Å². The number of piperidine rings is 1. The van der Waals surface area contributed by atoms with Crippen molar-refractivity contribution in [3.8, 4) is 0 Å². The molecule has 3 atom stereocenters. The van der Waals surface area contributed by atoms with Crippen molar-refractivity contribution in [2.24, 2.45) is 5.92 Å². The molecule has 0 spiro atoms. The number of hydrogen-bond donors (Lipinski definition) is 2. The Bertz CT molecular complexity index is 476. The molecule has 2 aliphatic rings. The van der Waals surface area contributed by atoms with Gasteiger partial charge in [-0.1, -0.05) is 12.1 Å². The van der Waals surface area contributed by atoms with Gasteiger partial charge in [0.15, 0.2) is 0 Å². The van der Waals surface area contributed by atoms with Crippen molar-refractivity contribution < 1.29 is 4.92 Å². The molecule has 2 saturated heterocycles. The van der Waals surface area contributed by atoms with Gasteiger partial charge in [0.2, 0.25) is 0 Å². The molecule has 2 fully saturated rings. The van der Waals surface area contributed by atoms with E-state index in [9.17, 15) is 10.1 Å². The van der Waals surface area contributed by atoms with Gasteiger partial charge < -0.3 is 4.90 Å². The zero-order chi connectivity index (χ0) is 13.4. The zero-order valence-corrected chi connectivity index (χ0v) is 10.9. The molecule has 2 aliphatic heterocycles. The highest BCUT2D eigenvalue weighted by Crippen LogP contribution is 2.33. The third kappa shape index (κ3) is 2.34. The van der Waals surface area contributed by atoms with Crippen LogP contribution in [0.4, 0.5) is 5.69 Å². The van der Waals surface area contributed by atoms with Gasteiger partial charge >= 0.3 is 0 Å². The van der Waals surface area contributed by atoms with Gasteiger partial charge in [0.1, 0.15) is 0 Å². The second-order valence-electron chi connectivity index (χ2n) is 5.44. The molecular weight excluding hydrogens is 244 g/mol. The van der Waals surface area contributed by atoms with Crippen molar-refractivity contribution in [2.45, 2.75) is 18.5 Å². The second kappa shape index (κ2) is 4.88. The Balaban J connectivity index is 1.80. The number of non-ortho nitro benzene ring substituents is 1. The molecule has 2 heterocycles. The Hall–Kier alpha value is -1.50. The maximum atomic E-state index is 10.7. The minimum Gasteiger partial charge on any atom is -0.306 e. The van der Waals surface area contributed by atoms with Crippen LogP contribution < -0.4 is 10.9 Å². The number of rotatable bonds is 2. The predicted octanol–water partition coefficient (Wildman–Crippen LogP) is 1.06. The van der Waals surface area contributed by atoms with E-state index in [1.165, 1.54) is 0 Å². The SMILES string of the molecule is CN1CCC2NNC(c3ccc([N+](=O)[O-])cc3)C2C1. The maximum absolute atomic E-state index is 10.7. The van der Waals surface area contributed by atoms with Crippen molar-refractivity contribution in [3.63, 3.8) is 0 Å². The van der Waals surface area contributed by atoms with Crippen molar-refractivity contribution >= 4 is 5.69 Å². The highest BCUT2D eigenvalue weighted by molar-refractivity contribution is 5.35. The Kier molecular flexibility index (Phi) is 3.22. The summed E-state index contributed by atoms with van der Waals surface area (Å²) >= 11 is 0. The van der Waals surface area contributed by atoms with Gasteiger partial charge in [0, 0.05) is 30.6 Å². The summed E-state index contributed by atoms with van der Waals surface area (Å²) in [4.78, 5) is 12.7. The van der Waals surface area contributed by atoms with Crippen LogP contribution in [0.3, 0.4) is 0 Å². The number of likely N-dealkylation sites (tertiary alicyclic amines) is 1. The number of nitro groups is 1. The number of nitrogens with zero attached hydrogens (tertiary/aromatic N) is 2. The topological polar surface area (TPSA) is 70.4 Å². The van der Waals surface area contributed by atoms with Gasteiger partial charge in [-0.25, -0.2) is 5.43 Å². The molecular formula is C13H18N4O2. The molecule has 6 heteroatoms. The number of nitrogens with one attached hydrogen (secondary N) is 2. The first-order valence-corrected chi connectivity index (χ1v) is 6.59. The Morgan fingerprint density at radius 1 is 1.32 bits per heavy atom. The first-order valence-electron chi connectivity index (χ1n) is 6.59. The summed E-state index contributed by atoms with van der Waals surface area (Å²) in [5, 5.41) is 10.7. The summed E-state index contributed by atoms with van der Waals surface area (Å²) in [6.07, 6.45) is 1.14. The van der Waals surface area contributed by atoms with E-state index in [-0.39, 0.29) is 16.7 Å². The summed E-state index contributed by atoms with van der Waals surface area (Å²) in [5.41, 5.74) is 7.95. The number of hydrogen-bond acceptors (Lipinski definition) is 5. The lowest BCUT2D eigenvalue weighted by atomic mass is 9.85. The third-order valence-corrected chi connectivity index (χ3v) is 4.18. The minimum atomic E-state index is -0.360.